The number of nitrogens with one attached hydrogen (secondary N) is 1. The molecule has 0 saturated carbocycles. The Bertz CT molecular complexity index is 1410. The molecule has 10 heteroatoms. The third-order valence-corrected chi connectivity index (χ3v) is 7.74. The molecule has 35 heavy (non-hydrogen) atoms. The second-order valence-electron chi connectivity index (χ2n) is 8.30. The van der Waals surface area contributed by atoms with Crippen molar-refractivity contribution < 1.29 is 17.9 Å². The number of nitrogens with zero attached hydrogens (tertiary/aromatic N) is 2. The van der Waals surface area contributed by atoms with Crippen LogP contribution in [-0.2, 0) is 10.0 Å². The van der Waals surface area contributed by atoms with Gasteiger partial charge in [0.1, 0.15) is 35.0 Å². The summed E-state index contributed by atoms with van der Waals surface area (Å²) >= 11 is 12.3. The second kappa shape index (κ2) is 10.3. The highest BCUT2D eigenvalue weighted by Crippen LogP contribution is 2.33. The molecule has 0 spiro atoms. The van der Waals surface area contributed by atoms with Gasteiger partial charge in [0.2, 0.25) is 0 Å². The first-order valence-electron chi connectivity index (χ1n) is 10.8. The molecular formula is C25H23Cl2N3O4S. The first-order valence-corrected chi connectivity index (χ1v) is 13.0. The highest BCUT2D eigenvalue weighted by Gasteiger charge is 2.23. The van der Waals surface area contributed by atoms with E-state index in [1.54, 1.807) is 49.4 Å². The summed E-state index contributed by atoms with van der Waals surface area (Å²) in [6, 6.07) is 16.2. The molecule has 1 fully saturated rings. The molecule has 4 rings (SSSR count). The molecule has 0 amide bonds. The van der Waals surface area contributed by atoms with Crippen molar-refractivity contribution in [3.63, 3.8) is 0 Å². The molecule has 182 valence electrons. The van der Waals surface area contributed by atoms with Crippen molar-refractivity contribution in [3.05, 3.63) is 75.8 Å². The van der Waals surface area contributed by atoms with Crippen molar-refractivity contribution in [1.29, 1.82) is 5.26 Å². The number of sulfonamides is 1. The molecule has 7 nitrogen and oxygen atoms in total. The number of likely N-dealkylation sites (tertiary alicyclic amines) is 1. The molecule has 3 aromatic rings. The van der Waals surface area contributed by atoms with Gasteiger partial charge in [-0.25, -0.2) is 8.42 Å². The molecule has 1 saturated heterocycles. The Morgan fingerprint density at radius 2 is 1.89 bits per heavy atom. The Morgan fingerprint density at radius 1 is 1.09 bits per heavy atom. The van der Waals surface area contributed by atoms with Crippen LogP contribution in [0.4, 0.5) is 5.69 Å². The van der Waals surface area contributed by atoms with Crippen molar-refractivity contribution >= 4 is 38.9 Å². The van der Waals surface area contributed by atoms with Crippen LogP contribution in [0.25, 0.3) is 0 Å². The van der Waals surface area contributed by atoms with E-state index in [1.807, 2.05) is 13.1 Å². The summed E-state index contributed by atoms with van der Waals surface area (Å²) < 4.78 is 40.6. The van der Waals surface area contributed by atoms with Gasteiger partial charge in [0, 0.05) is 19.2 Å². The van der Waals surface area contributed by atoms with Crippen molar-refractivity contribution in [2.45, 2.75) is 24.3 Å². The summed E-state index contributed by atoms with van der Waals surface area (Å²) in [7, 11) is -1.89. The van der Waals surface area contributed by atoms with Gasteiger partial charge in [0.05, 0.1) is 20.6 Å². The van der Waals surface area contributed by atoms with E-state index in [0.29, 0.717) is 27.8 Å². The summed E-state index contributed by atoms with van der Waals surface area (Å²) in [6.45, 7) is 3.38. The Hall–Kier alpha value is -2.96. The van der Waals surface area contributed by atoms with Crippen LogP contribution in [-0.4, -0.2) is 39.6 Å². The van der Waals surface area contributed by atoms with Gasteiger partial charge in [-0.1, -0.05) is 29.3 Å². The largest absolute Gasteiger partial charge is 0.487 e. The Kier molecular flexibility index (Phi) is 7.43. The lowest BCUT2D eigenvalue weighted by Gasteiger charge is -2.17. The van der Waals surface area contributed by atoms with Crippen LogP contribution in [0.5, 0.6) is 17.2 Å². The van der Waals surface area contributed by atoms with Crippen LogP contribution in [0.2, 0.25) is 10.0 Å². The number of likely N-dealkylation sites (N-methyl/N-ethyl adjacent to an activating group) is 1. The van der Waals surface area contributed by atoms with Crippen molar-refractivity contribution in [2.24, 2.45) is 0 Å². The summed E-state index contributed by atoms with van der Waals surface area (Å²) in [5.74, 6) is 1.10. The summed E-state index contributed by atoms with van der Waals surface area (Å²) in [5, 5.41) is 10.0. The molecule has 1 aliphatic heterocycles. The molecule has 1 aliphatic rings. The summed E-state index contributed by atoms with van der Waals surface area (Å²) in [5.41, 5.74) is 1.01. The van der Waals surface area contributed by atoms with Crippen LogP contribution in [0.15, 0.2) is 59.5 Å². The topological polar surface area (TPSA) is 91.7 Å². The van der Waals surface area contributed by atoms with E-state index in [2.05, 4.69) is 9.62 Å². The number of hydrogen-bond acceptors (Lipinski definition) is 6. The van der Waals surface area contributed by atoms with Gasteiger partial charge >= 0.3 is 0 Å². The van der Waals surface area contributed by atoms with Crippen molar-refractivity contribution in [2.75, 3.05) is 24.9 Å². The Labute approximate surface area is 214 Å². The van der Waals surface area contributed by atoms with E-state index in [-0.39, 0.29) is 27.3 Å². The number of aryl methyl sites for hydroxylation is 1. The monoisotopic (exact) mass is 531 g/mol. The highest BCUT2D eigenvalue weighted by atomic mass is 35.5. The normalized spacial score (nSPS) is 16.0. The molecule has 0 radical (unpaired) electrons. The van der Waals surface area contributed by atoms with E-state index in [1.165, 1.54) is 12.1 Å². The van der Waals surface area contributed by atoms with Gasteiger partial charge in [-0.3, -0.25) is 4.72 Å². The predicted molar refractivity (Wildman–Crippen MR) is 136 cm³/mol. The van der Waals surface area contributed by atoms with Gasteiger partial charge < -0.3 is 14.4 Å². The van der Waals surface area contributed by atoms with Crippen LogP contribution < -0.4 is 14.2 Å². The van der Waals surface area contributed by atoms with E-state index >= 15 is 0 Å². The minimum absolute atomic E-state index is 0.000177. The molecule has 0 unspecified atom stereocenters. The molecule has 0 aliphatic carbocycles. The second-order valence-corrected chi connectivity index (χ2v) is 10.8. The van der Waals surface area contributed by atoms with Gasteiger partial charge in [-0.05, 0) is 68.4 Å². The van der Waals surface area contributed by atoms with E-state index in [0.717, 1.165) is 19.5 Å². The van der Waals surface area contributed by atoms with Crippen LogP contribution >= 0.6 is 23.2 Å². The van der Waals surface area contributed by atoms with Gasteiger partial charge in [0.25, 0.3) is 10.0 Å². The number of rotatable bonds is 7. The molecule has 1 atom stereocenters. The maximum atomic E-state index is 13.1. The molecule has 3 aromatic carbocycles. The predicted octanol–water partition coefficient (Wildman–Crippen LogP) is 5.85. The Morgan fingerprint density at radius 3 is 2.57 bits per heavy atom. The van der Waals surface area contributed by atoms with Gasteiger partial charge in [-0.2, -0.15) is 5.26 Å². The van der Waals surface area contributed by atoms with Crippen LogP contribution in [0.3, 0.4) is 0 Å². The Balaban J connectivity index is 1.53. The number of anilines is 1. The summed E-state index contributed by atoms with van der Waals surface area (Å²) in [4.78, 5) is 2.25. The third kappa shape index (κ3) is 5.82. The van der Waals surface area contributed by atoms with E-state index in [4.69, 9.17) is 32.7 Å². The average Bonchev–Trinajstić information content (AvgIpc) is 3.20. The van der Waals surface area contributed by atoms with Crippen molar-refractivity contribution in [3.8, 4) is 23.3 Å². The SMILES string of the molecule is Cc1cc(Oc2cccc(Cl)c2C#N)ccc1S(=O)(=O)Nc1ccc(Cl)c(O[C@@H]2CCN(C)C2)c1. The zero-order valence-electron chi connectivity index (χ0n) is 19.1. The lowest BCUT2D eigenvalue weighted by Crippen LogP contribution is -2.21. The maximum absolute atomic E-state index is 13.1. The zero-order chi connectivity index (χ0) is 25.2. The third-order valence-electron chi connectivity index (χ3n) is 5.58. The molecule has 1 heterocycles. The van der Waals surface area contributed by atoms with Gasteiger partial charge in [0.15, 0.2) is 0 Å². The fraction of sp³-hybridized carbons (Fsp3) is 0.240. The molecule has 0 aromatic heterocycles. The standard InChI is InChI=1S/C25H23Cl2N3O4S/c1-16-12-18(33-23-5-3-4-21(26)20(23)14-28)7-9-25(16)35(31,32)29-17-6-8-22(27)24(13-17)34-19-10-11-30(2)15-19/h3-9,12-13,19,29H,10-11,15H2,1-2H3/t19-/m1/s1. The fourth-order valence-corrected chi connectivity index (χ4v) is 5.50. The summed E-state index contributed by atoms with van der Waals surface area (Å²) in [6.07, 6.45) is 0.877. The number of hydrogen-bond donors (Lipinski definition) is 1. The first kappa shape index (κ1) is 25.1. The van der Waals surface area contributed by atoms with E-state index in [9.17, 15) is 13.7 Å². The highest BCUT2D eigenvalue weighted by molar-refractivity contribution is 7.92. The minimum Gasteiger partial charge on any atom is -0.487 e. The van der Waals surface area contributed by atoms with E-state index < -0.39 is 10.0 Å². The zero-order valence-corrected chi connectivity index (χ0v) is 21.4. The molecule has 0 bridgehead atoms. The van der Waals surface area contributed by atoms with Crippen LogP contribution in [0.1, 0.15) is 17.5 Å². The smallest absolute Gasteiger partial charge is 0.262 e. The average molecular weight is 532 g/mol. The number of ether oxygens (including phenoxy) is 2. The van der Waals surface area contributed by atoms with Crippen molar-refractivity contribution in [1.82, 2.24) is 4.90 Å². The fourth-order valence-electron chi connectivity index (χ4n) is 3.85. The molecular weight excluding hydrogens is 509 g/mol. The first-order chi connectivity index (χ1) is 16.7. The molecule has 1 N–H and O–H groups in total. The minimum atomic E-state index is -3.90. The lowest BCUT2D eigenvalue weighted by atomic mass is 10.2. The maximum Gasteiger partial charge on any atom is 0.262 e. The van der Waals surface area contributed by atoms with Crippen LogP contribution in [0, 0.1) is 18.3 Å². The lowest BCUT2D eigenvalue weighted by molar-refractivity contribution is 0.208. The number of nitriles is 1. The quantitative estimate of drug-likeness (QED) is 0.411. The number of benzene rings is 3. The number of halogens is 2. The van der Waals surface area contributed by atoms with Gasteiger partial charge in [-0.15, -0.1) is 0 Å².